The first-order valence-corrected chi connectivity index (χ1v) is 12.3. The zero-order valence-electron chi connectivity index (χ0n) is 18.6. The van der Waals surface area contributed by atoms with Gasteiger partial charge in [-0.2, -0.15) is 0 Å². The smallest absolute Gasteiger partial charge is 0.260 e. The molecule has 180 valence electrons. The number of piperazine rings is 1. The molecule has 0 unspecified atom stereocenters. The lowest BCUT2D eigenvalue weighted by Gasteiger charge is -2.36. The number of benzene rings is 2. The second-order valence-corrected chi connectivity index (χ2v) is 9.49. The van der Waals surface area contributed by atoms with Gasteiger partial charge in [0, 0.05) is 39.8 Å². The Kier molecular flexibility index (Phi) is 8.79. The number of amides is 1. The molecule has 33 heavy (non-hydrogen) atoms. The first-order chi connectivity index (χ1) is 15.9. The van der Waals surface area contributed by atoms with Crippen molar-refractivity contribution in [3.05, 3.63) is 47.5 Å². The van der Waals surface area contributed by atoms with Crippen LogP contribution < -0.4 is 19.1 Å². The molecule has 1 aliphatic rings. The van der Waals surface area contributed by atoms with Crippen molar-refractivity contribution >= 4 is 33.2 Å². The zero-order valence-corrected chi connectivity index (χ0v) is 20.2. The summed E-state index contributed by atoms with van der Waals surface area (Å²) in [5.41, 5.74) is 1.00. The fourth-order valence-electron chi connectivity index (χ4n) is 3.45. The van der Waals surface area contributed by atoms with Crippen LogP contribution >= 0.6 is 11.6 Å². The molecule has 11 heteroatoms. The average molecular weight is 498 g/mol. The third-order valence-corrected chi connectivity index (χ3v) is 6.98. The van der Waals surface area contributed by atoms with Crippen molar-refractivity contribution in [3.63, 3.8) is 0 Å². The number of sulfonamides is 1. The summed E-state index contributed by atoms with van der Waals surface area (Å²) >= 11 is 6.20. The summed E-state index contributed by atoms with van der Waals surface area (Å²) in [6.07, 6.45) is 0. The lowest BCUT2D eigenvalue weighted by atomic mass is 10.2. The molecule has 1 saturated heterocycles. The molecule has 1 aliphatic heterocycles. The van der Waals surface area contributed by atoms with Crippen LogP contribution in [0.25, 0.3) is 0 Å². The maximum Gasteiger partial charge on any atom is 0.260 e. The summed E-state index contributed by atoms with van der Waals surface area (Å²) in [6, 6.07) is 11.9. The van der Waals surface area contributed by atoms with E-state index in [1.165, 1.54) is 25.3 Å². The molecule has 1 fully saturated rings. The van der Waals surface area contributed by atoms with Gasteiger partial charge in [-0.3, -0.25) is 4.79 Å². The van der Waals surface area contributed by atoms with Gasteiger partial charge in [0.2, 0.25) is 10.0 Å². The number of carbonyl (C=O) groups is 1. The predicted molar refractivity (Wildman–Crippen MR) is 126 cm³/mol. The number of hydrogen-bond donors (Lipinski definition) is 1. The molecule has 0 bridgehead atoms. The monoisotopic (exact) mass is 497 g/mol. The normalized spacial score (nSPS) is 14.3. The maximum atomic E-state index is 12.6. The highest BCUT2D eigenvalue weighted by atomic mass is 35.5. The highest BCUT2D eigenvalue weighted by molar-refractivity contribution is 7.89. The van der Waals surface area contributed by atoms with Gasteiger partial charge in [-0.1, -0.05) is 23.7 Å². The van der Waals surface area contributed by atoms with Gasteiger partial charge < -0.3 is 24.0 Å². The third kappa shape index (κ3) is 6.50. The van der Waals surface area contributed by atoms with E-state index in [9.17, 15) is 13.2 Å². The van der Waals surface area contributed by atoms with Gasteiger partial charge >= 0.3 is 0 Å². The Hall–Kier alpha value is -2.53. The number of halogens is 1. The van der Waals surface area contributed by atoms with Crippen molar-refractivity contribution in [1.29, 1.82) is 0 Å². The molecule has 0 aromatic heterocycles. The number of nitrogens with one attached hydrogen (secondary N) is 1. The minimum Gasteiger partial charge on any atom is -0.495 e. The molecule has 0 saturated carbocycles. The summed E-state index contributed by atoms with van der Waals surface area (Å²) in [5.74, 6) is 0.881. The van der Waals surface area contributed by atoms with Crippen molar-refractivity contribution in [3.8, 4) is 11.5 Å². The first kappa shape index (κ1) is 25.1. The molecule has 9 nitrogen and oxygen atoms in total. The Morgan fingerprint density at radius 2 is 1.79 bits per heavy atom. The van der Waals surface area contributed by atoms with Crippen molar-refractivity contribution < 1.29 is 27.4 Å². The Bertz CT molecular complexity index is 1060. The van der Waals surface area contributed by atoms with E-state index in [0.29, 0.717) is 26.2 Å². The Morgan fingerprint density at radius 1 is 1.06 bits per heavy atom. The van der Waals surface area contributed by atoms with Gasteiger partial charge in [0.25, 0.3) is 5.91 Å². The second kappa shape index (κ2) is 11.6. The number of ether oxygens (including phenoxy) is 3. The van der Waals surface area contributed by atoms with Crippen LogP contribution in [-0.4, -0.2) is 79.4 Å². The Morgan fingerprint density at radius 3 is 2.45 bits per heavy atom. The van der Waals surface area contributed by atoms with Gasteiger partial charge in [-0.25, -0.2) is 13.1 Å². The fraction of sp³-hybridized carbons (Fsp3) is 0.409. The van der Waals surface area contributed by atoms with E-state index < -0.39 is 10.0 Å². The van der Waals surface area contributed by atoms with E-state index in [4.69, 9.17) is 25.8 Å². The average Bonchev–Trinajstić information content (AvgIpc) is 2.83. The highest BCUT2D eigenvalue weighted by Crippen LogP contribution is 2.29. The Balaban J connectivity index is 1.53. The van der Waals surface area contributed by atoms with Crippen LogP contribution in [0.5, 0.6) is 11.5 Å². The SMILES string of the molecule is COCCNS(=O)(=O)c1ccc(OCC(=O)N2CCN(c3ccccc3OC)CC2)c(Cl)c1. The van der Waals surface area contributed by atoms with Crippen LogP contribution in [0, 0.1) is 0 Å². The molecule has 3 rings (SSSR count). The van der Waals surface area contributed by atoms with E-state index in [0.717, 1.165) is 11.4 Å². The second-order valence-electron chi connectivity index (χ2n) is 7.31. The van der Waals surface area contributed by atoms with Crippen molar-refractivity contribution in [2.45, 2.75) is 4.90 Å². The third-order valence-electron chi connectivity index (χ3n) is 5.22. The van der Waals surface area contributed by atoms with Crippen LogP contribution in [0.1, 0.15) is 0 Å². The molecule has 1 heterocycles. The van der Waals surface area contributed by atoms with E-state index in [1.54, 1.807) is 12.0 Å². The number of hydrogen-bond acceptors (Lipinski definition) is 7. The number of rotatable bonds is 10. The standard InChI is InChI=1S/C22H28ClN3O6S/c1-30-14-9-24-33(28,29)17-7-8-20(18(23)15-17)32-16-22(27)26-12-10-25(11-13-26)19-5-3-4-6-21(19)31-2/h3-8,15,24H,9-14,16H2,1-2H3. The topological polar surface area (TPSA) is 97.4 Å². The van der Waals surface area contributed by atoms with Gasteiger partial charge in [0.05, 0.1) is 29.3 Å². The molecule has 1 amide bonds. The van der Waals surface area contributed by atoms with E-state index in [-0.39, 0.29) is 41.3 Å². The highest BCUT2D eigenvalue weighted by Gasteiger charge is 2.23. The predicted octanol–water partition coefficient (Wildman–Crippen LogP) is 2.00. The Labute approximate surface area is 199 Å². The number of nitrogens with zero attached hydrogens (tertiary/aromatic N) is 2. The molecule has 2 aromatic rings. The largest absolute Gasteiger partial charge is 0.495 e. The zero-order chi connectivity index (χ0) is 23.8. The fourth-order valence-corrected chi connectivity index (χ4v) is 4.78. The van der Waals surface area contributed by atoms with Crippen LogP contribution in [0.3, 0.4) is 0 Å². The molecule has 2 aromatic carbocycles. The minimum absolute atomic E-state index is 0.00902. The quantitative estimate of drug-likeness (QED) is 0.501. The molecule has 0 spiro atoms. The summed E-state index contributed by atoms with van der Waals surface area (Å²) in [4.78, 5) is 16.5. The number of methoxy groups -OCH3 is 2. The van der Waals surface area contributed by atoms with Gasteiger partial charge in [-0.15, -0.1) is 0 Å². The molecule has 0 aliphatic carbocycles. The van der Waals surface area contributed by atoms with Crippen molar-refractivity contribution in [1.82, 2.24) is 9.62 Å². The van der Waals surface area contributed by atoms with Crippen molar-refractivity contribution in [2.24, 2.45) is 0 Å². The lowest BCUT2D eigenvalue weighted by molar-refractivity contribution is -0.133. The number of carbonyl (C=O) groups excluding carboxylic acids is 1. The van der Waals surface area contributed by atoms with Crippen LogP contribution in [-0.2, 0) is 19.6 Å². The summed E-state index contributed by atoms with van der Waals surface area (Å²) in [6.45, 7) is 2.67. The van der Waals surface area contributed by atoms with E-state index >= 15 is 0 Å². The summed E-state index contributed by atoms with van der Waals surface area (Å²) < 4.78 is 42.8. The van der Waals surface area contributed by atoms with Gasteiger partial charge in [0.1, 0.15) is 11.5 Å². The lowest BCUT2D eigenvalue weighted by Crippen LogP contribution is -2.50. The van der Waals surface area contributed by atoms with Crippen LogP contribution in [0.4, 0.5) is 5.69 Å². The van der Waals surface area contributed by atoms with Crippen LogP contribution in [0.2, 0.25) is 5.02 Å². The maximum absolute atomic E-state index is 12.6. The molecular formula is C22H28ClN3O6S. The number of para-hydroxylation sites is 2. The summed E-state index contributed by atoms with van der Waals surface area (Å²) in [5, 5.41) is 0.110. The van der Waals surface area contributed by atoms with Crippen LogP contribution in [0.15, 0.2) is 47.4 Å². The number of anilines is 1. The van der Waals surface area contributed by atoms with Gasteiger partial charge in [-0.05, 0) is 30.3 Å². The van der Waals surface area contributed by atoms with E-state index in [1.807, 2.05) is 24.3 Å². The first-order valence-electron chi connectivity index (χ1n) is 10.4. The van der Waals surface area contributed by atoms with E-state index in [2.05, 4.69) is 9.62 Å². The molecule has 0 atom stereocenters. The minimum atomic E-state index is -3.71. The van der Waals surface area contributed by atoms with Crippen molar-refractivity contribution in [2.75, 3.05) is 65.1 Å². The molecule has 1 N–H and O–H groups in total. The summed E-state index contributed by atoms with van der Waals surface area (Å²) in [7, 11) is -0.587. The molecular weight excluding hydrogens is 470 g/mol. The van der Waals surface area contributed by atoms with Gasteiger partial charge in [0.15, 0.2) is 6.61 Å². The molecule has 0 radical (unpaired) electrons.